The van der Waals surface area contributed by atoms with Gasteiger partial charge in [-0.05, 0) is 50.3 Å². The number of anilines is 1. The number of rotatable bonds is 4. The van der Waals surface area contributed by atoms with Gasteiger partial charge in [-0.2, -0.15) is 0 Å². The molecule has 24 heavy (non-hydrogen) atoms. The fraction of sp³-hybridized carbons (Fsp3) is 0.550. The van der Waals surface area contributed by atoms with E-state index in [1.54, 1.807) is 0 Å². The number of amides is 2. The van der Waals surface area contributed by atoms with E-state index in [2.05, 4.69) is 29.8 Å². The van der Waals surface area contributed by atoms with E-state index in [1.807, 2.05) is 29.2 Å². The third-order valence-corrected chi connectivity index (χ3v) is 5.57. The van der Waals surface area contributed by atoms with Crippen LogP contribution in [0.1, 0.15) is 38.2 Å². The highest BCUT2D eigenvalue weighted by Gasteiger charge is 2.44. The minimum Gasteiger partial charge on any atom is -0.323 e. The van der Waals surface area contributed by atoms with Crippen LogP contribution in [0.15, 0.2) is 36.9 Å². The van der Waals surface area contributed by atoms with Gasteiger partial charge in [0.15, 0.2) is 0 Å². The van der Waals surface area contributed by atoms with Crippen LogP contribution in [0, 0.1) is 0 Å². The summed E-state index contributed by atoms with van der Waals surface area (Å²) in [5, 5.41) is 3.13. The number of piperidine rings is 1. The number of aryl methyl sites for hydroxylation is 1. The molecule has 0 aromatic heterocycles. The largest absolute Gasteiger partial charge is 0.323 e. The molecule has 130 valence electrons. The number of nitrogens with zero attached hydrogens (tertiary/aromatic N) is 2. The summed E-state index contributed by atoms with van der Waals surface area (Å²) in [6, 6.07) is 8.12. The molecule has 2 aliphatic heterocycles. The number of para-hydroxylation sites is 1. The molecule has 1 unspecified atom stereocenters. The van der Waals surface area contributed by atoms with Crippen LogP contribution in [0.4, 0.5) is 10.5 Å². The second-order valence-electron chi connectivity index (χ2n) is 7.03. The van der Waals surface area contributed by atoms with Crippen molar-refractivity contribution in [3.63, 3.8) is 0 Å². The van der Waals surface area contributed by atoms with E-state index < -0.39 is 0 Å². The zero-order valence-corrected chi connectivity index (χ0v) is 14.8. The fourth-order valence-electron chi connectivity index (χ4n) is 4.33. The van der Waals surface area contributed by atoms with Gasteiger partial charge in [-0.15, -0.1) is 6.58 Å². The highest BCUT2D eigenvalue weighted by atomic mass is 16.2. The summed E-state index contributed by atoms with van der Waals surface area (Å²) in [5.74, 6) is 0. The molecule has 1 aromatic rings. The molecule has 2 fully saturated rings. The van der Waals surface area contributed by atoms with Gasteiger partial charge in [0.1, 0.15) is 0 Å². The molecule has 2 saturated heterocycles. The molecule has 3 rings (SSSR count). The average molecular weight is 327 g/mol. The van der Waals surface area contributed by atoms with Gasteiger partial charge in [-0.3, -0.25) is 4.90 Å². The second kappa shape index (κ2) is 7.39. The number of carbonyl (C=O) groups excluding carboxylic acids is 1. The number of carbonyl (C=O) groups is 1. The summed E-state index contributed by atoms with van der Waals surface area (Å²) in [6.45, 7) is 9.75. The van der Waals surface area contributed by atoms with E-state index in [0.29, 0.717) is 0 Å². The number of nitrogens with one attached hydrogen (secondary N) is 1. The molecule has 1 aromatic carbocycles. The van der Waals surface area contributed by atoms with Gasteiger partial charge in [0.25, 0.3) is 0 Å². The lowest BCUT2D eigenvalue weighted by atomic mass is 9.86. The van der Waals surface area contributed by atoms with E-state index in [9.17, 15) is 4.79 Å². The first-order chi connectivity index (χ1) is 11.7. The summed E-state index contributed by atoms with van der Waals surface area (Å²) in [6.07, 6.45) is 7.60. The minimum absolute atomic E-state index is 0.0421. The Morgan fingerprint density at radius 3 is 2.79 bits per heavy atom. The molecule has 0 bridgehead atoms. The Morgan fingerprint density at radius 1 is 1.29 bits per heavy atom. The van der Waals surface area contributed by atoms with Gasteiger partial charge in [0.05, 0.1) is 0 Å². The topological polar surface area (TPSA) is 35.6 Å². The Kier molecular flexibility index (Phi) is 5.24. The maximum absolute atomic E-state index is 12.8. The van der Waals surface area contributed by atoms with Gasteiger partial charge in [0.2, 0.25) is 0 Å². The lowest BCUT2D eigenvalue weighted by Gasteiger charge is -2.45. The van der Waals surface area contributed by atoms with Crippen molar-refractivity contribution in [2.24, 2.45) is 0 Å². The molecule has 4 heteroatoms. The molecule has 4 nitrogen and oxygen atoms in total. The molecule has 0 aliphatic carbocycles. The Hall–Kier alpha value is -1.81. The Bertz CT molecular complexity index is 600. The molecular weight excluding hydrogens is 298 g/mol. The summed E-state index contributed by atoms with van der Waals surface area (Å²) < 4.78 is 0. The number of likely N-dealkylation sites (tertiary alicyclic amines) is 2. The highest BCUT2D eigenvalue weighted by Crippen LogP contribution is 2.37. The van der Waals surface area contributed by atoms with Gasteiger partial charge in [0, 0.05) is 30.9 Å². The summed E-state index contributed by atoms with van der Waals surface area (Å²) in [4.78, 5) is 17.4. The number of benzene rings is 1. The standard InChI is InChI=1S/C20H29N3O/c1-3-13-23-15-8-12-20(23)11-7-14-22(16-20)19(24)21-18-10-6-5-9-17(18)4-2/h3,5-6,9-10H,1,4,7-8,11-16H2,2H3,(H,21,24). The third-order valence-electron chi connectivity index (χ3n) is 5.57. The van der Waals surface area contributed by atoms with Crippen molar-refractivity contribution in [2.45, 2.75) is 44.6 Å². The van der Waals surface area contributed by atoms with Crippen LogP contribution in [0.2, 0.25) is 0 Å². The van der Waals surface area contributed by atoms with E-state index in [-0.39, 0.29) is 11.6 Å². The van der Waals surface area contributed by atoms with Crippen LogP contribution in [-0.4, -0.2) is 47.5 Å². The summed E-state index contributed by atoms with van der Waals surface area (Å²) >= 11 is 0. The lowest BCUT2D eigenvalue weighted by Crippen LogP contribution is -2.57. The molecule has 2 amide bonds. The van der Waals surface area contributed by atoms with Gasteiger partial charge >= 0.3 is 6.03 Å². The molecule has 0 radical (unpaired) electrons. The van der Waals surface area contributed by atoms with Crippen molar-refractivity contribution in [1.82, 2.24) is 9.80 Å². The molecular formula is C20H29N3O. The normalized spacial score (nSPS) is 24.3. The lowest BCUT2D eigenvalue weighted by molar-refractivity contribution is 0.0670. The van der Waals surface area contributed by atoms with Crippen LogP contribution in [0.3, 0.4) is 0 Å². The van der Waals surface area contributed by atoms with Gasteiger partial charge in [-0.25, -0.2) is 4.79 Å². The van der Waals surface area contributed by atoms with E-state index in [4.69, 9.17) is 0 Å². The van der Waals surface area contributed by atoms with E-state index in [1.165, 1.54) is 24.8 Å². The van der Waals surface area contributed by atoms with Crippen molar-refractivity contribution >= 4 is 11.7 Å². The Balaban J connectivity index is 1.70. The number of hydrogen-bond acceptors (Lipinski definition) is 2. The van der Waals surface area contributed by atoms with Crippen molar-refractivity contribution in [3.05, 3.63) is 42.5 Å². The molecule has 2 aliphatic rings. The maximum Gasteiger partial charge on any atom is 0.321 e. The SMILES string of the molecule is C=CCN1CCCC12CCCN(C(=O)Nc1ccccc1CC)C2. The molecule has 2 heterocycles. The number of hydrogen-bond donors (Lipinski definition) is 1. The molecule has 0 saturated carbocycles. The zero-order valence-electron chi connectivity index (χ0n) is 14.8. The zero-order chi connectivity index (χ0) is 17.0. The first kappa shape index (κ1) is 17.0. The third kappa shape index (κ3) is 3.34. The van der Waals surface area contributed by atoms with Crippen LogP contribution in [-0.2, 0) is 6.42 Å². The highest BCUT2D eigenvalue weighted by molar-refractivity contribution is 5.90. The minimum atomic E-state index is 0.0421. The monoisotopic (exact) mass is 327 g/mol. The molecule has 1 spiro atoms. The number of urea groups is 1. The molecule has 1 N–H and O–H groups in total. The van der Waals surface area contributed by atoms with Crippen LogP contribution in [0.25, 0.3) is 0 Å². The van der Waals surface area contributed by atoms with Crippen molar-refractivity contribution in [2.75, 3.05) is 31.5 Å². The van der Waals surface area contributed by atoms with E-state index in [0.717, 1.165) is 44.7 Å². The maximum atomic E-state index is 12.8. The predicted molar refractivity (Wildman–Crippen MR) is 99.4 cm³/mol. The van der Waals surface area contributed by atoms with Crippen molar-refractivity contribution in [3.8, 4) is 0 Å². The summed E-state index contributed by atoms with van der Waals surface area (Å²) in [5.41, 5.74) is 2.29. The van der Waals surface area contributed by atoms with Gasteiger partial charge < -0.3 is 10.2 Å². The van der Waals surface area contributed by atoms with Crippen LogP contribution < -0.4 is 5.32 Å². The first-order valence-corrected chi connectivity index (χ1v) is 9.18. The summed E-state index contributed by atoms with van der Waals surface area (Å²) in [7, 11) is 0. The van der Waals surface area contributed by atoms with E-state index >= 15 is 0 Å². The second-order valence-corrected chi connectivity index (χ2v) is 7.03. The smallest absolute Gasteiger partial charge is 0.321 e. The quantitative estimate of drug-likeness (QED) is 0.851. The van der Waals surface area contributed by atoms with Crippen LogP contribution in [0.5, 0.6) is 0 Å². The van der Waals surface area contributed by atoms with Crippen molar-refractivity contribution < 1.29 is 4.79 Å². The average Bonchev–Trinajstić information content (AvgIpc) is 2.97. The predicted octanol–water partition coefficient (Wildman–Crippen LogP) is 3.90. The molecule has 1 atom stereocenters. The Labute approximate surface area is 145 Å². The fourth-order valence-corrected chi connectivity index (χ4v) is 4.33. The van der Waals surface area contributed by atoms with Crippen LogP contribution >= 0.6 is 0 Å². The van der Waals surface area contributed by atoms with Crippen molar-refractivity contribution in [1.29, 1.82) is 0 Å². The van der Waals surface area contributed by atoms with Gasteiger partial charge in [-0.1, -0.05) is 31.2 Å². The Morgan fingerprint density at radius 2 is 2.04 bits per heavy atom. The first-order valence-electron chi connectivity index (χ1n) is 9.18.